The average Bonchev–Trinajstić information content (AvgIpc) is 2.61. The normalized spacial score (nSPS) is 21.4. The van der Waals surface area contributed by atoms with Crippen LogP contribution in [0, 0.1) is 11.8 Å². The Balaban J connectivity index is 2.54. The number of hydrogen-bond acceptors (Lipinski definition) is 3. The minimum atomic E-state index is 0.0541. The van der Waals surface area contributed by atoms with Crippen LogP contribution in [0.25, 0.3) is 0 Å². The van der Waals surface area contributed by atoms with Gasteiger partial charge < -0.3 is 9.47 Å². The average molecular weight is 375 g/mol. The minimum Gasteiger partial charge on any atom is -0.497 e. The minimum absolute atomic E-state index is 0.0541. The predicted octanol–water partition coefficient (Wildman–Crippen LogP) is 6.53. The van der Waals surface area contributed by atoms with Gasteiger partial charge in [0.1, 0.15) is 5.76 Å². The van der Waals surface area contributed by atoms with E-state index in [0.717, 1.165) is 32.1 Å². The molecular weight excluding hydrogens is 336 g/mol. The molecule has 27 heavy (non-hydrogen) atoms. The first-order chi connectivity index (χ1) is 12.8. The molecule has 0 amide bonds. The Morgan fingerprint density at radius 2 is 1.56 bits per heavy atom. The second-order valence-corrected chi connectivity index (χ2v) is 7.97. The Bertz CT molecular complexity index is 616. The number of carbonyl (C=O) groups excluding carboxylic acids is 1. The standard InChI is InChI=1S/C24H38O3/c1-17(2)10-8-11-18(3)12-9-13-19(4)14-15-21-16-22(25)24(27-7)23(26-6)20(21)5/h10,12,14,20-21H,8-9,11,13,15-16H2,1-7H3/b18-12+,19-14+. The van der Waals surface area contributed by atoms with E-state index in [0.29, 0.717) is 17.9 Å². The Morgan fingerprint density at radius 3 is 2.11 bits per heavy atom. The summed E-state index contributed by atoms with van der Waals surface area (Å²) in [5.41, 5.74) is 4.25. The maximum atomic E-state index is 12.3. The summed E-state index contributed by atoms with van der Waals surface area (Å²) in [7, 11) is 3.16. The Morgan fingerprint density at radius 1 is 0.963 bits per heavy atom. The van der Waals surface area contributed by atoms with E-state index in [4.69, 9.17) is 9.47 Å². The number of rotatable bonds is 10. The quantitative estimate of drug-likeness (QED) is 0.408. The third-order valence-electron chi connectivity index (χ3n) is 5.36. The number of hydrogen-bond donors (Lipinski definition) is 0. The van der Waals surface area contributed by atoms with Crippen LogP contribution < -0.4 is 0 Å². The van der Waals surface area contributed by atoms with E-state index < -0.39 is 0 Å². The van der Waals surface area contributed by atoms with Crippen LogP contribution in [0.15, 0.2) is 46.5 Å². The van der Waals surface area contributed by atoms with Crippen LogP contribution >= 0.6 is 0 Å². The number of ether oxygens (including phenoxy) is 2. The Hall–Kier alpha value is -1.77. The van der Waals surface area contributed by atoms with Gasteiger partial charge in [-0.05, 0) is 65.7 Å². The van der Waals surface area contributed by atoms with E-state index in [1.165, 1.54) is 16.7 Å². The van der Waals surface area contributed by atoms with Crippen molar-refractivity contribution in [3.63, 3.8) is 0 Å². The third kappa shape index (κ3) is 7.78. The molecule has 152 valence electrons. The molecule has 1 aliphatic rings. The molecule has 2 atom stereocenters. The topological polar surface area (TPSA) is 35.5 Å². The van der Waals surface area contributed by atoms with Crippen LogP contribution in [-0.4, -0.2) is 20.0 Å². The molecule has 0 saturated carbocycles. The Labute approximate surface area is 166 Å². The number of methoxy groups -OCH3 is 2. The zero-order chi connectivity index (χ0) is 20.4. The predicted molar refractivity (Wildman–Crippen MR) is 113 cm³/mol. The molecule has 0 aromatic carbocycles. The Kier molecular flexibility index (Phi) is 10.2. The summed E-state index contributed by atoms with van der Waals surface area (Å²) >= 11 is 0. The van der Waals surface area contributed by atoms with Gasteiger partial charge in [0.2, 0.25) is 5.78 Å². The fourth-order valence-corrected chi connectivity index (χ4v) is 3.54. The molecule has 0 radical (unpaired) electrons. The van der Waals surface area contributed by atoms with E-state index in [2.05, 4.69) is 52.8 Å². The van der Waals surface area contributed by atoms with E-state index >= 15 is 0 Å². The van der Waals surface area contributed by atoms with Crippen molar-refractivity contribution in [2.24, 2.45) is 11.8 Å². The zero-order valence-electron chi connectivity index (χ0n) is 18.4. The molecule has 0 fully saturated rings. The van der Waals surface area contributed by atoms with E-state index in [1.54, 1.807) is 14.2 Å². The molecule has 0 bridgehead atoms. The van der Waals surface area contributed by atoms with Gasteiger partial charge in [-0.25, -0.2) is 0 Å². The maximum absolute atomic E-state index is 12.3. The molecule has 3 nitrogen and oxygen atoms in total. The molecule has 0 spiro atoms. The molecule has 2 unspecified atom stereocenters. The van der Waals surface area contributed by atoms with Gasteiger partial charge in [-0.1, -0.05) is 41.9 Å². The lowest BCUT2D eigenvalue weighted by molar-refractivity contribution is -0.121. The van der Waals surface area contributed by atoms with Crippen molar-refractivity contribution in [1.82, 2.24) is 0 Å². The first-order valence-corrected chi connectivity index (χ1v) is 10.1. The summed E-state index contributed by atoms with van der Waals surface area (Å²) in [6, 6.07) is 0. The van der Waals surface area contributed by atoms with Crippen molar-refractivity contribution in [3.8, 4) is 0 Å². The maximum Gasteiger partial charge on any atom is 0.201 e. The van der Waals surface area contributed by atoms with Crippen molar-refractivity contribution >= 4 is 5.78 Å². The fraction of sp³-hybridized carbons (Fsp3) is 0.625. The highest BCUT2D eigenvalue weighted by Gasteiger charge is 2.34. The first kappa shape index (κ1) is 23.3. The van der Waals surface area contributed by atoms with Gasteiger partial charge in [-0.2, -0.15) is 0 Å². The molecular formula is C24H38O3. The van der Waals surface area contributed by atoms with E-state index in [-0.39, 0.29) is 17.6 Å². The van der Waals surface area contributed by atoms with Gasteiger partial charge in [0, 0.05) is 12.3 Å². The molecule has 0 aromatic rings. The van der Waals surface area contributed by atoms with Crippen molar-refractivity contribution in [2.45, 2.75) is 73.1 Å². The van der Waals surface area contributed by atoms with Gasteiger partial charge in [-0.3, -0.25) is 4.79 Å². The van der Waals surface area contributed by atoms with Gasteiger partial charge in [0.25, 0.3) is 0 Å². The highest BCUT2D eigenvalue weighted by Crippen LogP contribution is 2.35. The van der Waals surface area contributed by atoms with Crippen LogP contribution in [0.4, 0.5) is 0 Å². The molecule has 0 heterocycles. The number of carbonyl (C=O) groups is 1. The summed E-state index contributed by atoms with van der Waals surface area (Å²) < 4.78 is 10.7. The largest absolute Gasteiger partial charge is 0.497 e. The van der Waals surface area contributed by atoms with Crippen molar-refractivity contribution in [1.29, 1.82) is 0 Å². The second-order valence-electron chi connectivity index (χ2n) is 7.97. The van der Waals surface area contributed by atoms with Gasteiger partial charge in [-0.15, -0.1) is 0 Å². The van der Waals surface area contributed by atoms with Crippen LogP contribution in [0.2, 0.25) is 0 Å². The van der Waals surface area contributed by atoms with Crippen molar-refractivity contribution < 1.29 is 14.3 Å². The molecule has 0 aromatic heterocycles. The fourth-order valence-electron chi connectivity index (χ4n) is 3.54. The summed E-state index contributed by atoms with van der Waals surface area (Å²) in [4.78, 5) is 12.3. The monoisotopic (exact) mass is 374 g/mol. The van der Waals surface area contributed by atoms with Crippen LogP contribution in [0.1, 0.15) is 73.1 Å². The summed E-state index contributed by atoms with van der Waals surface area (Å²) in [5.74, 6) is 1.63. The molecule has 1 aliphatic carbocycles. The summed E-state index contributed by atoms with van der Waals surface area (Å²) in [5, 5.41) is 0. The molecule has 0 aliphatic heterocycles. The summed E-state index contributed by atoms with van der Waals surface area (Å²) in [6.45, 7) is 10.8. The highest BCUT2D eigenvalue weighted by molar-refractivity contribution is 5.95. The second kappa shape index (κ2) is 11.8. The molecule has 0 N–H and O–H groups in total. The lowest BCUT2D eigenvalue weighted by atomic mass is 9.79. The lowest BCUT2D eigenvalue weighted by Gasteiger charge is -2.30. The van der Waals surface area contributed by atoms with Gasteiger partial charge in [0.15, 0.2) is 5.76 Å². The van der Waals surface area contributed by atoms with Crippen LogP contribution in [-0.2, 0) is 14.3 Å². The molecule has 1 rings (SSSR count). The van der Waals surface area contributed by atoms with E-state index in [9.17, 15) is 4.79 Å². The van der Waals surface area contributed by atoms with Crippen molar-refractivity contribution in [2.75, 3.05) is 14.2 Å². The van der Waals surface area contributed by atoms with Crippen molar-refractivity contribution in [3.05, 3.63) is 46.5 Å². The molecule has 0 saturated heterocycles. The SMILES string of the molecule is COC1=C(OC)C(C)C(C/C=C(\C)CC/C=C(\C)CCC=C(C)C)CC1=O. The highest BCUT2D eigenvalue weighted by atomic mass is 16.5. The number of allylic oxidation sites excluding steroid dienone is 8. The summed E-state index contributed by atoms with van der Waals surface area (Å²) in [6.07, 6.45) is 12.8. The van der Waals surface area contributed by atoms with E-state index in [1.807, 2.05) is 0 Å². The zero-order valence-corrected chi connectivity index (χ0v) is 18.4. The van der Waals surface area contributed by atoms with Gasteiger partial charge in [0.05, 0.1) is 14.2 Å². The first-order valence-electron chi connectivity index (χ1n) is 10.1. The van der Waals surface area contributed by atoms with Gasteiger partial charge >= 0.3 is 0 Å². The molecule has 3 heteroatoms. The number of ketones is 1. The van der Waals surface area contributed by atoms with Crippen LogP contribution in [0.5, 0.6) is 0 Å². The van der Waals surface area contributed by atoms with Crippen LogP contribution in [0.3, 0.4) is 0 Å². The smallest absolute Gasteiger partial charge is 0.201 e. The third-order valence-corrected chi connectivity index (χ3v) is 5.36. The lowest BCUT2D eigenvalue weighted by Crippen LogP contribution is -2.28. The number of Topliss-reactive ketones (excluding diaryl/α,β-unsaturated/α-hetero) is 1.